The highest BCUT2D eigenvalue weighted by Crippen LogP contribution is 2.25. The maximum atomic E-state index is 2.62. The summed E-state index contributed by atoms with van der Waals surface area (Å²) in [7, 11) is 4.68. The van der Waals surface area contributed by atoms with E-state index in [1.54, 1.807) is 4.90 Å². The predicted molar refractivity (Wildman–Crippen MR) is 59.6 cm³/mol. The van der Waals surface area contributed by atoms with E-state index in [0.717, 1.165) is 12.0 Å². The summed E-state index contributed by atoms with van der Waals surface area (Å²) >= 11 is 0. The molecule has 2 aliphatic heterocycles. The van der Waals surface area contributed by atoms with Crippen LogP contribution in [0.2, 0.25) is 0 Å². The monoisotopic (exact) mass is 197 g/mol. The number of nitrogens with one attached hydrogen (secondary N) is 1. The van der Waals surface area contributed by atoms with Crippen LogP contribution in [0.1, 0.15) is 32.1 Å². The molecule has 0 radical (unpaired) electrons. The Morgan fingerprint density at radius 1 is 1.14 bits per heavy atom. The topological polar surface area (TPSA) is 7.68 Å². The van der Waals surface area contributed by atoms with Gasteiger partial charge in [0.2, 0.25) is 0 Å². The minimum atomic E-state index is 0.902. The lowest BCUT2D eigenvalue weighted by atomic mass is 9.85. The van der Waals surface area contributed by atoms with Crippen LogP contribution in [-0.4, -0.2) is 44.7 Å². The third kappa shape index (κ3) is 2.29. The molecule has 1 unspecified atom stereocenters. The molecule has 0 aromatic carbocycles. The second-order valence-corrected chi connectivity index (χ2v) is 5.36. The van der Waals surface area contributed by atoms with Crippen LogP contribution in [0.25, 0.3) is 0 Å². The molecule has 0 amide bonds. The average Bonchev–Trinajstić information content (AvgIpc) is 2.18. The fourth-order valence-electron chi connectivity index (χ4n) is 3.34. The van der Waals surface area contributed by atoms with E-state index >= 15 is 0 Å². The van der Waals surface area contributed by atoms with E-state index in [1.165, 1.54) is 51.7 Å². The Hall–Kier alpha value is -0.0800. The summed E-state index contributed by atoms with van der Waals surface area (Å²) in [6.45, 7) is 4.14. The van der Waals surface area contributed by atoms with Crippen molar-refractivity contribution in [2.24, 2.45) is 5.92 Å². The Morgan fingerprint density at radius 2 is 2.00 bits per heavy atom. The van der Waals surface area contributed by atoms with E-state index in [1.807, 2.05) is 0 Å². The first-order valence-corrected chi connectivity index (χ1v) is 6.29. The van der Waals surface area contributed by atoms with Gasteiger partial charge in [-0.3, -0.25) is 0 Å². The van der Waals surface area contributed by atoms with Gasteiger partial charge in [0.15, 0.2) is 0 Å². The predicted octanol–water partition coefficient (Wildman–Crippen LogP) is 0.395. The first kappa shape index (κ1) is 10.4. The smallest absolute Gasteiger partial charge is 0.0812 e. The summed E-state index contributed by atoms with van der Waals surface area (Å²) in [5, 5.41) is 0. The zero-order valence-corrected chi connectivity index (χ0v) is 9.76. The van der Waals surface area contributed by atoms with E-state index in [2.05, 4.69) is 19.0 Å². The normalized spacial score (nSPS) is 41.1. The minimum Gasteiger partial charge on any atom is -0.337 e. The quantitative estimate of drug-likeness (QED) is 0.639. The Bertz CT molecular complexity index is 181. The first-order valence-electron chi connectivity index (χ1n) is 6.29. The SMILES string of the molecule is CN1CCCC[C@H]1[C@H]1CCC[NH+](C)C1. The van der Waals surface area contributed by atoms with Crippen molar-refractivity contribution in [3.63, 3.8) is 0 Å². The molecule has 0 bridgehead atoms. The van der Waals surface area contributed by atoms with Gasteiger partial charge in [-0.05, 0) is 39.3 Å². The molecule has 2 saturated heterocycles. The number of nitrogens with zero attached hydrogens (tertiary/aromatic N) is 1. The highest BCUT2D eigenvalue weighted by Gasteiger charge is 2.31. The molecule has 2 heteroatoms. The first-order chi connectivity index (χ1) is 6.77. The van der Waals surface area contributed by atoms with Gasteiger partial charge in [-0.15, -0.1) is 0 Å². The highest BCUT2D eigenvalue weighted by atomic mass is 15.2. The Morgan fingerprint density at radius 3 is 2.71 bits per heavy atom. The largest absolute Gasteiger partial charge is 0.337 e. The molecule has 2 fully saturated rings. The second kappa shape index (κ2) is 4.63. The molecular weight excluding hydrogens is 172 g/mol. The van der Waals surface area contributed by atoms with Gasteiger partial charge in [-0.1, -0.05) is 6.42 Å². The zero-order chi connectivity index (χ0) is 9.97. The fraction of sp³-hybridized carbons (Fsp3) is 1.00. The number of hydrogen-bond donors (Lipinski definition) is 1. The lowest BCUT2D eigenvalue weighted by molar-refractivity contribution is -0.889. The van der Waals surface area contributed by atoms with Crippen molar-refractivity contribution in [3.05, 3.63) is 0 Å². The van der Waals surface area contributed by atoms with Crippen LogP contribution >= 0.6 is 0 Å². The van der Waals surface area contributed by atoms with Gasteiger partial charge in [0.25, 0.3) is 0 Å². The van der Waals surface area contributed by atoms with Crippen molar-refractivity contribution < 1.29 is 4.90 Å². The summed E-state index contributed by atoms with van der Waals surface area (Å²) < 4.78 is 0. The van der Waals surface area contributed by atoms with Crippen molar-refractivity contribution in [1.82, 2.24) is 4.90 Å². The standard InChI is InChI=1S/C12H24N2/c1-13-8-5-6-11(10-13)12-7-3-4-9-14(12)2/h11-12H,3-10H2,1-2H3/p+1/t11-,12-/m0/s1. The van der Waals surface area contributed by atoms with Gasteiger partial charge in [-0.2, -0.15) is 0 Å². The van der Waals surface area contributed by atoms with Crippen LogP contribution in [0.4, 0.5) is 0 Å². The van der Waals surface area contributed by atoms with Crippen molar-refractivity contribution in [2.45, 2.75) is 38.1 Å². The molecule has 0 saturated carbocycles. The molecule has 0 aliphatic carbocycles. The summed E-state index contributed by atoms with van der Waals surface area (Å²) in [6, 6.07) is 0.902. The molecule has 0 spiro atoms. The van der Waals surface area contributed by atoms with Gasteiger partial charge in [0.1, 0.15) is 0 Å². The molecule has 3 atom stereocenters. The molecule has 2 rings (SSSR count). The maximum absolute atomic E-state index is 2.62. The summed E-state index contributed by atoms with van der Waals surface area (Å²) in [5.74, 6) is 0.981. The summed E-state index contributed by atoms with van der Waals surface area (Å²) in [5.41, 5.74) is 0. The van der Waals surface area contributed by atoms with E-state index < -0.39 is 0 Å². The van der Waals surface area contributed by atoms with Crippen molar-refractivity contribution in [1.29, 1.82) is 0 Å². The third-order valence-electron chi connectivity index (χ3n) is 4.16. The Labute approximate surface area is 88.3 Å². The summed E-state index contributed by atoms with van der Waals surface area (Å²) in [6.07, 6.45) is 7.26. The highest BCUT2D eigenvalue weighted by molar-refractivity contribution is 4.81. The molecule has 0 aromatic heterocycles. The molecule has 2 nitrogen and oxygen atoms in total. The van der Waals surface area contributed by atoms with E-state index in [4.69, 9.17) is 0 Å². The summed E-state index contributed by atoms with van der Waals surface area (Å²) in [4.78, 5) is 4.37. The molecule has 2 heterocycles. The van der Waals surface area contributed by atoms with Gasteiger partial charge in [0, 0.05) is 12.0 Å². The Balaban J connectivity index is 1.91. The lowest BCUT2D eigenvalue weighted by Crippen LogP contribution is -3.11. The van der Waals surface area contributed by atoms with Crippen LogP contribution in [0, 0.1) is 5.92 Å². The number of rotatable bonds is 1. The van der Waals surface area contributed by atoms with Gasteiger partial charge in [0.05, 0.1) is 20.1 Å². The molecule has 2 aliphatic rings. The zero-order valence-electron chi connectivity index (χ0n) is 9.76. The van der Waals surface area contributed by atoms with Crippen molar-refractivity contribution in [3.8, 4) is 0 Å². The molecule has 14 heavy (non-hydrogen) atoms. The molecular formula is C12H25N2+. The van der Waals surface area contributed by atoms with Crippen LogP contribution in [0.5, 0.6) is 0 Å². The molecule has 1 N–H and O–H groups in total. The van der Waals surface area contributed by atoms with Gasteiger partial charge in [-0.25, -0.2) is 0 Å². The Kier molecular flexibility index (Phi) is 3.45. The minimum absolute atomic E-state index is 0.902. The second-order valence-electron chi connectivity index (χ2n) is 5.36. The van der Waals surface area contributed by atoms with Crippen LogP contribution in [0.15, 0.2) is 0 Å². The number of piperidine rings is 2. The van der Waals surface area contributed by atoms with Crippen LogP contribution in [-0.2, 0) is 0 Å². The lowest BCUT2D eigenvalue weighted by Gasteiger charge is -2.40. The van der Waals surface area contributed by atoms with Crippen molar-refractivity contribution >= 4 is 0 Å². The van der Waals surface area contributed by atoms with Gasteiger partial charge < -0.3 is 9.80 Å². The fourth-order valence-corrected chi connectivity index (χ4v) is 3.34. The van der Waals surface area contributed by atoms with Crippen molar-refractivity contribution in [2.75, 3.05) is 33.7 Å². The maximum Gasteiger partial charge on any atom is 0.0812 e. The van der Waals surface area contributed by atoms with E-state index in [0.29, 0.717) is 0 Å². The average molecular weight is 197 g/mol. The third-order valence-corrected chi connectivity index (χ3v) is 4.16. The number of likely N-dealkylation sites (tertiary alicyclic amines) is 2. The van der Waals surface area contributed by atoms with E-state index in [9.17, 15) is 0 Å². The van der Waals surface area contributed by atoms with Crippen LogP contribution < -0.4 is 4.90 Å². The molecule has 82 valence electrons. The van der Waals surface area contributed by atoms with Gasteiger partial charge >= 0.3 is 0 Å². The van der Waals surface area contributed by atoms with Crippen LogP contribution in [0.3, 0.4) is 0 Å². The molecule has 0 aromatic rings. The number of quaternary nitrogens is 1. The van der Waals surface area contributed by atoms with E-state index in [-0.39, 0.29) is 0 Å². The number of hydrogen-bond acceptors (Lipinski definition) is 1.